The van der Waals surface area contributed by atoms with Gasteiger partial charge in [-0.2, -0.15) is 0 Å². The molecule has 0 heterocycles. The molecule has 0 radical (unpaired) electrons. The van der Waals surface area contributed by atoms with E-state index < -0.39 is 0 Å². The molecule has 0 bridgehead atoms. The number of rotatable bonds is 3. The topological polar surface area (TPSA) is 3.24 Å². The van der Waals surface area contributed by atoms with Gasteiger partial charge < -0.3 is 4.90 Å². The Kier molecular flexibility index (Phi) is 4.38. The summed E-state index contributed by atoms with van der Waals surface area (Å²) in [6.45, 7) is 0. The van der Waals surface area contributed by atoms with Crippen molar-refractivity contribution in [2.45, 2.75) is 38.1 Å². The molecule has 0 aromatic rings. The molecular formula is C10H20ClN. The molecule has 1 atom stereocenters. The highest BCUT2D eigenvalue weighted by Crippen LogP contribution is 2.28. The van der Waals surface area contributed by atoms with E-state index in [2.05, 4.69) is 19.0 Å². The third-order valence-electron chi connectivity index (χ3n) is 3.02. The Balaban J connectivity index is 2.40. The smallest absolute Gasteiger partial charge is 0.0382 e. The predicted molar refractivity (Wildman–Crippen MR) is 54.8 cm³/mol. The van der Waals surface area contributed by atoms with Crippen molar-refractivity contribution < 1.29 is 0 Å². The zero-order chi connectivity index (χ0) is 8.97. The minimum atomic E-state index is 0.604. The lowest BCUT2D eigenvalue weighted by atomic mass is 9.84. The Morgan fingerprint density at radius 1 is 1.25 bits per heavy atom. The second kappa shape index (κ2) is 5.08. The number of hydrogen-bond acceptors (Lipinski definition) is 1. The molecule has 0 aromatic carbocycles. The Morgan fingerprint density at radius 3 is 2.25 bits per heavy atom. The molecule has 0 saturated heterocycles. The Labute approximate surface area is 81.1 Å². The molecule has 0 N–H and O–H groups in total. The molecule has 0 amide bonds. The van der Waals surface area contributed by atoms with E-state index in [4.69, 9.17) is 11.6 Å². The van der Waals surface area contributed by atoms with Gasteiger partial charge in [-0.1, -0.05) is 19.3 Å². The fourth-order valence-electron chi connectivity index (χ4n) is 2.20. The lowest BCUT2D eigenvalue weighted by Gasteiger charge is -2.33. The first-order chi connectivity index (χ1) is 5.75. The first-order valence-electron chi connectivity index (χ1n) is 4.98. The molecule has 1 aliphatic rings. The van der Waals surface area contributed by atoms with Crippen LogP contribution in [0.25, 0.3) is 0 Å². The summed E-state index contributed by atoms with van der Waals surface area (Å²) in [6.07, 6.45) is 7.02. The number of hydrogen-bond donors (Lipinski definition) is 0. The number of alkyl halides is 1. The van der Waals surface area contributed by atoms with Gasteiger partial charge in [0.1, 0.15) is 0 Å². The number of nitrogens with zero attached hydrogens (tertiary/aromatic N) is 1. The zero-order valence-electron chi connectivity index (χ0n) is 8.22. The van der Waals surface area contributed by atoms with Gasteiger partial charge in [0.15, 0.2) is 0 Å². The summed E-state index contributed by atoms with van der Waals surface area (Å²) in [7, 11) is 4.28. The zero-order valence-corrected chi connectivity index (χ0v) is 8.98. The van der Waals surface area contributed by atoms with Crippen LogP contribution < -0.4 is 0 Å². The fourth-order valence-corrected chi connectivity index (χ4v) is 2.73. The van der Waals surface area contributed by atoms with E-state index in [-0.39, 0.29) is 0 Å². The molecule has 0 aromatic heterocycles. The van der Waals surface area contributed by atoms with Gasteiger partial charge in [-0.25, -0.2) is 0 Å². The van der Waals surface area contributed by atoms with Gasteiger partial charge in [0.25, 0.3) is 0 Å². The van der Waals surface area contributed by atoms with Crippen LogP contribution in [0.5, 0.6) is 0 Å². The van der Waals surface area contributed by atoms with Crippen molar-refractivity contribution in [1.82, 2.24) is 4.90 Å². The highest BCUT2D eigenvalue weighted by Gasteiger charge is 2.23. The molecule has 1 saturated carbocycles. The second-order valence-electron chi connectivity index (χ2n) is 4.08. The van der Waals surface area contributed by atoms with Gasteiger partial charge in [0.05, 0.1) is 0 Å². The van der Waals surface area contributed by atoms with Crippen molar-refractivity contribution in [1.29, 1.82) is 0 Å². The SMILES string of the molecule is CN(C)C(CCl)C1CCCCC1. The summed E-state index contributed by atoms with van der Waals surface area (Å²) in [6, 6.07) is 0.604. The van der Waals surface area contributed by atoms with Crippen LogP contribution in [0.15, 0.2) is 0 Å². The molecule has 1 aliphatic carbocycles. The van der Waals surface area contributed by atoms with Crippen LogP contribution in [-0.2, 0) is 0 Å². The molecule has 1 unspecified atom stereocenters. The van der Waals surface area contributed by atoms with E-state index >= 15 is 0 Å². The first-order valence-corrected chi connectivity index (χ1v) is 5.51. The average molecular weight is 190 g/mol. The standard InChI is InChI=1S/C10H20ClN/c1-12(2)10(8-11)9-6-4-3-5-7-9/h9-10H,3-8H2,1-2H3. The molecule has 2 heteroatoms. The molecular weight excluding hydrogens is 170 g/mol. The number of halogens is 1. The van der Waals surface area contributed by atoms with Gasteiger partial charge in [0.2, 0.25) is 0 Å². The third kappa shape index (κ3) is 2.63. The second-order valence-corrected chi connectivity index (χ2v) is 4.39. The van der Waals surface area contributed by atoms with Crippen LogP contribution in [0, 0.1) is 5.92 Å². The van der Waals surface area contributed by atoms with Crippen molar-refractivity contribution in [3.63, 3.8) is 0 Å². The minimum absolute atomic E-state index is 0.604. The van der Waals surface area contributed by atoms with Crippen molar-refractivity contribution in [3.8, 4) is 0 Å². The van der Waals surface area contributed by atoms with E-state index in [9.17, 15) is 0 Å². The molecule has 72 valence electrons. The Bertz CT molecular complexity index is 119. The lowest BCUT2D eigenvalue weighted by Crippen LogP contribution is -2.37. The summed E-state index contributed by atoms with van der Waals surface area (Å²) < 4.78 is 0. The molecule has 12 heavy (non-hydrogen) atoms. The van der Waals surface area contributed by atoms with Crippen LogP contribution in [-0.4, -0.2) is 30.9 Å². The summed E-state index contributed by atoms with van der Waals surface area (Å²) in [5.74, 6) is 1.64. The maximum absolute atomic E-state index is 5.95. The van der Waals surface area contributed by atoms with E-state index in [0.29, 0.717) is 6.04 Å². The van der Waals surface area contributed by atoms with Gasteiger partial charge in [-0.15, -0.1) is 11.6 Å². The maximum Gasteiger partial charge on any atom is 0.0382 e. The van der Waals surface area contributed by atoms with Crippen LogP contribution in [0.3, 0.4) is 0 Å². The van der Waals surface area contributed by atoms with E-state index in [1.165, 1.54) is 32.1 Å². The largest absolute Gasteiger partial charge is 0.305 e. The van der Waals surface area contributed by atoms with E-state index in [1.54, 1.807) is 0 Å². The van der Waals surface area contributed by atoms with Crippen molar-refractivity contribution in [3.05, 3.63) is 0 Å². The van der Waals surface area contributed by atoms with Gasteiger partial charge >= 0.3 is 0 Å². The molecule has 1 rings (SSSR count). The van der Waals surface area contributed by atoms with Crippen LogP contribution in [0.1, 0.15) is 32.1 Å². The molecule has 0 aliphatic heterocycles. The third-order valence-corrected chi connectivity index (χ3v) is 3.33. The highest BCUT2D eigenvalue weighted by molar-refractivity contribution is 6.18. The lowest BCUT2D eigenvalue weighted by molar-refractivity contribution is 0.187. The highest BCUT2D eigenvalue weighted by atomic mass is 35.5. The summed E-state index contributed by atoms with van der Waals surface area (Å²) in [5, 5.41) is 0. The monoisotopic (exact) mass is 189 g/mol. The van der Waals surface area contributed by atoms with Gasteiger partial charge in [0, 0.05) is 11.9 Å². The van der Waals surface area contributed by atoms with Crippen LogP contribution in [0.2, 0.25) is 0 Å². The van der Waals surface area contributed by atoms with E-state index in [1.807, 2.05) is 0 Å². The Hall–Kier alpha value is 0.250. The predicted octanol–water partition coefficient (Wildman–Crippen LogP) is 2.74. The van der Waals surface area contributed by atoms with Gasteiger partial charge in [-0.3, -0.25) is 0 Å². The minimum Gasteiger partial charge on any atom is -0.305 e. The van der Waals surface area contributed by atoms with Gasteiger partial charge in [-0.05, 0) is 32.9 Å². The first kappa shape index (κ1) is 10.3. The van der Waals surface area contributed by atoms with Crippen LogP contribution >= 0.6 is 11.6 Å². The fraction of sp³-hybridized carbons (Fsp3) is 1.00. The van der Waals surface area contributed by atoms with Crippen LogP contribution in [0.4, 0.5) is 0 Å². The molecule has 1 nitrogen and oxygen atoms in total. The quantitative estimate of drug-likeness (QED) is 0.618. The van der Waals surface area contributed by atoms with Crippen molar-refractivity contribution in [2.24, 2.45) is 5.92 Å². The van der Waals surface area contributed by atoms with E-state index in [0.717, 1.165) is 11.8 Å². The van der Waals surface area contributed by atoms with Crippen molar-refractivity contribution in [2.75, 3.05) is 20.0 Å². The summed E-state index contributed by atoms with van der Waals surface area (Å²) >= 11 is 5.95. The maximum atomic E-state index is 5.95. The molecule has 1 fully saturated rings. The normalized spacial score (nSPS) is 23.0. The summed E-state index contributed by atoms with van der Waals surface area (Å²) in [5.41, 5.74) is 0. The van der Waals surface area contributed by atoms with Crippen molar-refractivity contribution >= 4 is 11.6 Å². The average Bonchev–Trinajstić information content (AvgIpc) is 2.07. The Morgan fingerprint density at radius 2 is 1.83 bits per heavy atom. The summed E-state index contributed by atoms with van der Waals surface area (Å²) in [4.78, 5) is 2.28. The molecule has 0 spiro atoms.